The van der Waals surface area contributed by atoms with Gasteiger partial charge in [0, 0.05) is 42.5 Å². The molecule has 0 saturated carbocycles. The van der Waals surface area contributed by atoms with Gasteiger partial charge in [-0.05, 0) is 38.0 Å². The van der Waals surface area contributed by atoms with Crippen LogP contribution in [0.2, 0.25) is 5.02 Å². The van der Waals surface area contributed by atoms with Crippen molar-refractivity contribution in [2.45, 2.75) is 26.2 Å². The lowest BCUT2D eigenvalue weighted by Gasteiger charge is -2.17. The van der Waals surface area contributed by atoms with Crippen LogP contribution in [0.4, 0.5) is 0 Å². The molecule has 1 aliphatic rings. The number of hydrogen-bond donors (Lipinski definition) is 0. The van der Waals surface area contributed by atoms with Gasteiger partial charge in [-0.25, -0.2) is 0 Å². The Kier molecular flexibility index (Phi) is 4.00. The van der Waals surface area contributed by atoms with E-state index in [9.17, 15) is 4.79 Å². The summed E-state index contributed by atoms with van der Waals surface area (Å²) in [6.45, 7) is 5.57. The lowest BCUT2D eigenvalue weighted by molar-refractivity contribution is 0.0790. The highest BCUT2D eigenvalue weighted by atomic mass is 35.5. The van der Waals surface area contributed by atoms with E-state index >= 15 is 0 Å². The van der Waals surface area contributed by atoms with Gasteiger partial charge in [0.05, 0.1) is 5.56 Å². The molecule has 116 valence electrons. The maximum atomic E-state index is 12.8. The van der Waals surface area contributed by atoms with Crippen molar-refractivity contribution in [1.29, 1.82) is 0 Å². The zero-order valence-electron chi connectivity index (χ0n) is 13.3. The molecule has 1 atom stereocenters. The molecule has 2 aromatic rings. The second-order valence-corrected chi connectivity index (χ2v) is 6.51. The molecule has 0 bridgehead atoms. The van der Waals surface area contributed by atoms with Gasteiger partial charge in [0.1, 0.15) is 0 Å². The number of aromatic nitrogens is 1. The average molecular weight is 317 g/mol. The Morgan fingerprint density at radius 3 is 2.64 bits per heavy atom. The highest BCUT2D eigenvalue weighted by Gasteiger charge is 2.30. The minimum Gasteiger partial charge on any atom is -0.351 e. The predicted molar refractivity (Wildman–Crippen MR) is 89.6 cm³/mol. The van der Waals surface area contributed by atoms with E-state index in [1.54, 1.807) is 0 Å². The summed E-state index contributed by atoms with van der Waals surface area (Å²) in [6.07, 6.45) is 0.973. The van der Waals surface area contributed by atoms with Crippen LogP contribution in [-0.4, -0.2) is 28.5 Å². The maximum absolute atomic E-state index is 12.8. The van der Waals surface area contributed by atoms with Gasteiger partial charge in [0.25, 0.3) is 5.91 Å². The Labute approximate surface area is 136 Å². The number of amides is 1. The minimum atomic E-state index is 0.135. The first-order valence-corrected chi connectivity index (χ1v) is 8.03. The number of carbonyl (C=O) groups excluding carboxylic acids is 1. The molecule has 1 saturated heterocycles. The number of carbonyl (C=O) groups is 1. The number of likely N-dealkylation sites (tertiary alicyclic amines) is 1. The Balaban J connectivity index is 1.79. The van der Waals surface area contributed by atoms with Crippen molar-refractivity contribution in [2.24, 2.45) is 7.05 Å². The predicted octanol–water partition coefficient (Wildman–Crippen LogP) is 3.93. The molecular weight excluding hydrogens is 296 g/mol. The van der Waals surface area contributed by atoms with E-state index in [0.29, 0.717) is 5.92 Å². The number of rotatable bonds is 2. The van der Waals surface area contributed by atoms with Crippen LogP contribution in [0.15, 0.2) is 30.3 Å². The van der Waals surface area contributed by atoms with Gasteiger partial charge >= 0.3 is 0 Å². The Bertz CT molecular complexity index is 720. The van der Waals surface area contributed by atoms with Crippen molar-refractivity contribution in [3.63, 3.8) is 0 Å². The number of benzene rings is 1. The molecule has 0 N–H and O–H groups in total. The number of aryl methyl sites for hydroxylation is 1. The summed E-state index contributed by atoms with van der Waals surface area (Å²) in [5.74, 6) is 0.471. The number of hydrogen-bond acceptors (Lipinski definition) is 1. The summed E-state index contributed by atoms with van der Waals surface area (Å²) in [5.41, 5.74) is 4.12. The summed E-state index contributed by atoms with van der Waals surface area (Å²) in [4.78, 5) is 14.7. The van der Waals surface area contributed by atoms with Crippen LogP contribution in [0.1, 0.15) is 39.6 Å². The molecule has 1 aromatic carbocycles. The number of halogens is 1. The molecular formula is C18H21ClN2O. The van der Waals surface area contributed by atoms with Crippen LogP contribution in [0, 0.1) is 13.8 Å². The van der Waals surface area contributed by atoms with E-state index in [2.05, 4.69) is 10.6 Å². The van der Waals surface area contributed by atoms with Crippen molar-refractivity contribution in [2.75, 3.05) is 13.1 Å². The molecule has 0 spiro atoms. The largest absolute Gasteiger partial charge is 0.351 e. The zero-order chi connectivity index (χ0) is 15.9. The van der Waals surface area contributed by atoms with Crippen molar-refractivity contribution < 1.29 is 4.79 Å². The van der Waals surface area contributed by atoms with Gasteiger partial charge in [0.15, 0.2) is 0 Å². The fourth-order valence-electron chi connectivity index (χ4n) is 3.25. The zero-order valence-corrected chi connectivity index (χ0v) is 14.0. The lowest BCUT2D eigenvalue weighted by atomic mass is 9.98. The third kappa shape index (κ3) is 2.54. The van der Waals surface area contributed by atoms with Crippen molar-refractivity contribution >= 4 is 17.5 Å². The van der Waals surface area contributed by atoms with Crippen LogP contribution in [0.3, 0.4) is 0 Å². The van der Waals surface area contributed by atoms with Crippen molar-refractivity contribution in [1.82, 2.24) is 9.47 Å². The van der Waals surface area contributed by atoms with E-state index in [1.807, 2.05) is 50.1 Å². The molecule has 2 heterocycles. The Hall–Kier alpha value is -1.74. The van der Waals surface area contributed by atoms with Crippen LogP contribution in [-0.2, 0) is 7.05 Å². The van der Waals surface area contributed by atoms with Gasteiger partial charge in [-0.2, -0.15) is 0 Å². The van der Waals surface area contributed by atoms with E-state index in [1.165, 1.54) is 0 Å². The highest BCUT2D eigenvalue weighted by Crippen LogP contribution is 2.32. The smallest absolute Gasteiger partial charge is 0.255 e. The molecule has 1 unspecified atom stereocenters. The molecule has 1 amide bonds. The van der Waals surface area contributed by atoms with E-state index in [4.69, 9.17) is 11.6 Å². The summed E-state index contributed by atoms with van der Waals surface area (Å²) in [6, 6.07) is 9.93. The third-order valence-corrected chi connectivity index (χ3v) is 5.17. The van der Waals surface area contributed by atoms with Crippen molar-refractivity contribution in [3.05, 3.63) is 57.9 Å². The molecule has 4 heteroatoms. The van der Waals surface area contributed by atoms with Crippen LogP contribution in [0.5, 0.6) is 0 Å². The third-order valence-electron chi connectivity index (χ3n) is 4.83. The Morgan fingerprint density at radius 1 is 1.27 bits per heavy atom. The normalized spacial score (nSPS) is 18.0. The molecule has 1 aliphatic heterocycles. The second kappa shape index (κ2) is 5.81. The number of nitrogens with zero attached hydrogens (tertiary/aromatic N) is 2. The quantitative estimate of drug-likeness (QED) is 0.824. The van der Waals surface area contributed by atoms with Gasteiger partial charge in [-0.3, -0.25) is 4.79 Å². The maximum Gasteiger partial charge on any atom is 0.255 e. The van der Waals surface area contributed by atoms with Gasteiger partial charge in [-0.15, -0.1) is 0 Å². The summed E-state index contributed by atoms with van der Waals surface area (Å²) in [7, 11) is 2.00. The first-order valence-electron chi connectivity index (χ1n) is 7.65. The van der Waals surface area contributed by atoms with E-state index in [0.717, 1.165) is 47.0 Å². The molecule has 0 aliphatic carbocycles. The minimum absolute atomic E-state index is 0.135. The fourth-order valence-corrected chi connectivity index (χ4v) is 3.54. The fraction of sp³-hybridized carbons (Fsp3) is 0.389. The highest BCUT2D eigenvalue weighted by molar-refractivity contribution is 6.31. The molecule has 22 heavy (non-hydrogen) atoms. The Morgan fingerprint density at radius 2 is 2.00 bits per heavy atom. The van der Waals surface area contributed by atoms with E-state index < -0.39 is 0 Å². The standard InChI is InChI=1S/C18H21ClN2O/c1-12-10-16(13(2)20(12)3)18(22)21-9-8-14(11-21)15-6-4-5-7-17(15)19/h4-7,10,14H,8-9,11H2,1-3H3. The van der Waals surface area contributed by atoms with Crippen LogP contribution in [0.25, 0.3) is 0 Å². The topological polar surface area (TPSA) is 25.2 Å². The van der Waals surface area contributed by atoms with Gasteiger partial charge in [0.2, 0.25) is 0 Å². The van der Waals surface area contributed by atoms with E-state index in [-0.39, 0.29) is 5.91 Å². The molecule has 0 radical (unpaired) electrons. The molecule has 3 nitrogen and oxygen atoms in total. The first kappa shape index (κ1) is 15.2. The molecule has 1 aromatic heterocycles. The summed E-state index contributed by atoms with van der Waals surface area (Å²) in [5, 5.41) is 0.800. The average Bonchev–Trinajstić information content (AvgIpc) is 3.08. The van der Waals surface area contributed by atoms with Gasteiger partial charge < -0.3 is 9.47 Å². The SMILES string of the molecule is Cc1cc(C(=O)N2CCC(c3ccccc3Cl)C2)c(C)n1C. The lowest BCUT2D eigenvalue weighted by Crippen LogP contribution is -2.28. The summed E-state index contributed by atoms with van der Waals surface area (Å²) < 4.78 is 2.06. The second-order valence-electron chi connectivity index (χ2n) is 6.10. The molecule has 3 rings (SSSR count). The summed E-state index contributed by atoms with van der Waals surface area (Å²) >= 11 is 6.29. The van der Waals surface area contributed by atoms with Crippen LogP contribution < -0.4 is 0 Å². The first-order chi connectivity index (χ1) is 10.5. The van der Waals surface area contributed by atoms with Crippen LogP contribution >= 0.6 is 11.6 Å². The monoisotopic (exact) mass is 316 g/mol. The molecule has 1 fully saturated rings. The van der Waals surface area contributed by atoms with Crippen molar-refractivity contribution in [3.8, 4) is 0 Å². The van der Waals surface area contributed by atoms with Gasteiger partial charge in [-0.1, -0.05) is 29.8 Å².